The van der Waals surface area contributed by atoms with Gasteiger partial charge in [-0.1, -0.05) is 110 Å². The number of rotatable bonds is 6. The fourth-order valence-corrected chi connectivity index (χ4v) is 7.57. The van der Waals surface area contributed by atoms with Crippen LogP contribution >= 0.6 is 0 Å². The summed E-state index contributed by atoms with van der Waals surface area (Å²) in [6.07, 6.45) is 0. The Kier molecular flexibility index (Phi) is 6.18. The lowest BCUT2D eigenvalue weighted by Gasteiger charge is -2.17. The molecular weight excluding hydrogens is 536 g/mol. The van der Waals surface area contributed by atoms with E-state index in [0.717, 1.165) is 44.4 Å². The molecular formula is C37H28N2O2S. The van der Waals surface area contributed by atoms with Crippen LogP contribution in [0.2, 0.25) is 0 Å². The van der Waals surface area contributed by atoms with E-state index < -0.39 is 9.84 Å². The molecule has 0 fully saturated rings. The van der Waals surface area contributed by atoms with Gasteiger partial charge in [0.05, 0.1) is 21.6 Å². The van der Waals surface area contributed by atoms with Crippen LogP contribution < -0.4 is 0 Å². The predicted molar refractivity (Wildman–Crippen MR) is 173 cm³/mol. The summed E-state index contributed by atoms with van der Waals surface area (Å²) in [5, 5.41) is 2.12. The van der Waals surface area contributed by atoms with Crippen molar-refractivity contribution in [3.8, 4) is 22.6 Å². The summed E-state index contributed by atoms with van der Waals surface area (Å²) in [4.78, 5) is 0.0596. The first-order chi connectivity index (χ1) is 20.5. The highest BCUT2D eigenvalue weighted by molar-refractivity contribution is 8.00. The van der Waals surface area contributed by atoms with Gasteiger partial charge in [-0.15, -0.1) is 0 Å². The molecule has 0 spiro atoms. The van der Waals surface area contributed by atoms with Crippen molar-refractivity contribution in [1.82, 2.24) is 9.13 Å². The molecule has 5 aromatic carbocycles. The fourth-order valence-electron chi connectivity index (χ4n) is 5.98. The zero-order valence-corrected chi connectivity index (χ0v) is 23.9. The third-order valence-corrected chi connectivity index (χ3v) is 9.68. The molecule has 0 unspecified atom stereocenters. The summed E-state index contributed by atoms with van der Waals surface area (Å²) in [7, 11) is -4.11. The van der Waals surface area contributed by atoms with Gasteiger partial charge in [0, 0.05) is 27.7 Å². The lowest BCUT2D eigenvalue weighted by atomic mass is 10.1. The van der Waals surface area contributed by atoms with E-state index in [1.165, 1.54) is 0 Å². The molecule has 2 heterocycles. The summed E-state index contributed by atoms with van der Waals surface area (Å²) in [6, 6.07) is 45.1. The van der Waals surface area contributed by atoms with Gasteiger partial charge in [-0.3, -0.25) is 4.57 Å². The smallest absolute Gasteiger partial charge is 0.223 e. The van der Waals surface area contributed by atoms with Gasteiger partial charge in [-0.2, -0.15) is 0 Å². The number of para-hydroxylation sites is 4. The maximum Gasteiger partial charge on any atom is 0.223 e. The molecule has 0 amide bonds. The molecule has 204 valence electrons. The Bertz CT molecular complexity index is 2210. The Balaban J connectivity index is 1.69. The summed E-state index contributed by atoms with van der Waals surface area (Å²) in [5.74, 6) is 0. The number of fused-ring (bicyclic) bond motifs is 2. The van der Waals surface area contributed by atoms with Crippen molar-refractivity contribution in [1.29, 1.82) is 0 Å². The minimum absolute atomic E-state index is 0.0596. The quantitative estimate of drug-likeness (QED) is 0.202. The number of aromatic nitrogens is 2. The lowest BCUT2D eigenvalue weighted by molar-refractivity contribution is 0.600. The summed E-state index contributed by atoms with van der Waals surface area (Å²) < 4.78 is 33.9. The van der Waals surface area contributed by atoms with Crippen molar-refractivity contribution < 1.29 is 8.42 Å². The van der Waals surface area contributed by atoms with E-state index in [2.05, 4.69) is 42.3 Å². The minimum Gasteiger partial charge on any atom is -0.309 e. The van der Waals surface area contributed by atoms with Gasteiger partial charge in [-0.25, -0.2) is 8.42 Å². The van der Waals surface area contributed by atoms with Gasteiger partial charge in [0.25, 0.3) is 0 Å². The third kappa shape index (κ3) is 3.93. The maximum absolute atomic E-state index is 14.9. The van der Waals surface area contributed by atoms with Crippen molar-refractivity contribution in [3.63, 3.8) is 0 Å². The number of hydrogen-bond acceptors (Lipinski definition) is 2. The van der Waals surface area contributed by atoms with Gasteiger partial charge in [0.2, 0.25) is 9.84 Å². The standard InChI is InChI=1S/C37H28N2O2S/c1-26-31-22-12-14-24-33(31)38(29-18-8-4-9-19-29)36(26)35-32-23-13-15-25-34(32)39(30-20-10-5-11-21-30)37(35)42(40,41)27(2)28-16-6-3-7-17-28/h3-25H,2H2,1H3. The van der Waals surface area contributed by atoms with Crippen molar-refractivity contribution >= 4 is 36.5 Å². The van der Waals surface area contributed by atoms with Crippen LogP contribution in [-0.4, -0.2) is 17.6 Å². The molecule has 0 saturated carbocycles. The van der Waals surface area contributed by atoms with E-state index in [0.29, 0.717) is 11.1 Å². The molecule has 0 bridgehead atoms. The van der Waals surface area contributed by atoms with Crippen LogP contribution in [0.15, 0.2) is 151 Å². The first kappa shape index (κ1) is 25.8. The first-order valence-electron chi connectivity index (χ1n) is 13.8. The van der Waals surface area contributed by atoms with E-state index in [4.69, 9.17) is 0 Å². The number of nitrogens with zero attached hydrogens (tertiary/aromatic N) is 2. The van der Waals surface area contributed by atoms with Gasteiger partial charge >= 0.3 is 0 Å². The van der Waals surface area contributed by atoms with Gasteiger partial charge < -0.3 is 4.57 Å². The normalized spacial score (nSPS) is 11.7. The summed E-state index contributed by atoms with van der Waals surface area (Å²) >= 11 is 0. The fraction of sp³-hybridized carbons (Fsp3) is 0.0270. The number of aryl methyl sites for hydroxylation is 1. The largest absolute Gasteiger partial charge is 0.309 e. The second kappa shape index (κ2) is 10.1. The van der Waals surface area contributed by atoms with Gasteiger partial charge in [-0.05, 0) is 54.4 Å². The molecule has 0 N–H and O–H groups in total. The summed E-state index contributed by atoms with van der Waals surface area (Å²) in [6.45, 7) is 6.23. The second-order valence-electron chi connectivity index (χ2n) is 10.3. The van der Waals surface area contributed by atoms with Crippen molar-refractivity contribution in [2.24, 2.45) is 0 Å². The van der Waals surface area contributed by atoms with Crippen molar-refractivity contribution in [3.05, 3.63) is 157 Å². The van der Waals surface area contributed by atoms with Crippen LogP contribution in [0.5, 0.6) is 0 Å². The van der Waals surface area contributed by atoms with E-state index in [9.17, 15) is 8.42 Å². The lowest BCUT2D eigenvalue weighted by Crippen LogP contribution is -2.12. The maximum atomic E-state index is 14.9. The topological polar surface area (TPSA) is 44.0 Å². The molecule has 7 rings (SSSR count). The summed E-state index contributed by atoms with van der Waals surface area (Å²) in [5.41, 5.74) is 6.61. The molecule has 5 heteroatoms. The van der Waals surface area contributed by atoms with Crippen LogP contribution in [-0.2, 0) is 9.84 Å². The molecule has 2 aromatic heterocycles. The van der Waals surface area contributed by atoms with Crippen LogP contribution in [0.4, 0.5) is 0 Å². The first-order valence-corrected chi connectivity index (χ1v) is 15.3. The number of sulfone groups is 1. The Morgan fingerprint density at radius 1 is 0.571 bits per heavy atom. The monoisotopic (exact) mass is 564 g/mol. The minimum atomic E-state index is -4.11. The van der Waals surface area contributed by atoms with E-state index in [1.807, 2.05) is 108 Å². The molecule has 4 nitrogen and oxygen atoms in total. The Morgan fingerprint density at radius 2 is 1.02 bits per heavy atom. The highest BCUT2D eigenvalue weighted by Gasteiger charge is 2.34. The molecule has 42 heavy (non-hydrogen) atoms. The Labute approximate surface area is 245 Å². The molecule has 0 aliphatic carbocycles. The second-order valence-corrected chi connectivity index (χ2v) is 12.2. The molecule has 0 radical (unpaired) electrons. The van der Waals surface area contributed by atoms with Crippen molar-refractivity contribution in [2.45, 2.75) is 11.9 Å². The van der Waals surface area contributed by atoms with Gasteiger partial charge in [0.15, 0.2) is 5.03 Å². The van der Waals surface area contributed by atoms with E-state index in [-0.39, 0.29) is 9.93 Å². The number of hydrogen-bond donors (Lipinski definition) is 0. The molecule has 0 aliphatic heterocycles. The Morgan fingerprint density at radius 3 is 1.62 bits per heavy atom. The number of benzene rings is 5. The Hall–Kier alpha value is -5.13. The van der Waals surface area contributed by atoms with Crippen LogP contribution in [0.25, 0.3) is 49.3 Å². The average molecular weight is 565 g/mol. The van der Waals surface area contributed by atoms with Crippen molar-refractivity contribution in [2.75, 3.05) is 0 Å². The predicted octanol–water partition coefficient (Wildman–Crippen LogP) is 8.99. The van der Waals surface area contributed by atoms with Crippen LogP contribution in [0.3, 0.4) is 0 Å². The molecule has 0 atom stereocenters. The highest BCUT2D eigenvalue weighted by atomic mass is 32.2. The van der Waals surface area contributed by atoms with E-state index >= 15 is 0 Å². The molecule has 7 aromatic rings. The van der Waals surface area contributed by atoms with Gasteiger partial charge in [0.1, 0.15) is 0 Å². The average Bonchev–Trinajstić information content (AvgIpc) is 3.54. The zero-order chi connectivity index (χ0) is 28.8. The third-order valence-electron chi connectivity index (χ3n) is 7.90. The van der Waals surface area contributed by atoms with Crippen LogP contribution in [0.1, 0.15) is 11.1 Å². The molecule has 0 aliphatic rings. The van der Waals surface area contributed by atoms with Crippen LogP contribution in [0, 0.1) is 6.92 Å². The molecule has 0 saturated heterocycles. The van der Waals surface area contributed by atoms with E-state index in [1.54, 1.807) is 12.1 Å². The highest BCUT2D eigenvalue weighted by Crippen LogP contribution is 2.46. The zero-order valence-electron chi connectivity index (χ0n) is 23.1. The SMILES string of the molecule is C=C(c1ccccc1)S(=O)(=O)c1c(-c2c(C)c3ccccc3n2-c2ccccc2)c2ccccc2n1-c1ccccc1.